The monoisotopic (exact) mass is 324 g/mol. The number of methoxy groups -OCH3 is 1. The first-order chi connectivity index (χ1) is 8.56. The largest absolute Gasteiger partial charge is 0.382 e. The van der Waals surface area contributed by atoms with Gasteiger partial charge in [0, 0.05) is 7.11 Å². The molecule has 0 spiro atoms. The highest BCUT2D eigenvalue weighted by Gasteiger charge is 2.12. The van der Waals surface area contributed by atoms with E-state index in [0.717, 1.165) is 0 Å². The van der Waals surface area contributed by atoms with Gasteiger partial charge in [0.1, 0.15) is 0 Å². The Morgan fingerprint density at radius 2 is 1.17 bits per heavy atom. The number of ether oxygens (including phenoxy) is 4. The van der Waals surface area contributed by atoms with Crippen molar-refractivity contribution >= 4 is 28.6 Å². The van der Waals surface area contributed by atoms with E-state index in [-0.39, 0.29) is 13.2 Å². The van der Waals surface area contributed by atoms with E-state index < -0.39 is 6.07 Å². The molecule has 0 atom stereocenters. The van der Waals surface area contributed by atoms with Crippen LogP contribution in [0.15, 0.2) is 0 Å². The molecule has 0 fully saturated rings. The first-order valence-corrected chi connectivity index (χ1v) is 8.86. The van der Waals surface area contributed by atoms with Crippen LogP contribution in [-0.2, 0) is 28.0 Å². The van der Waals surface area contributed by atoms with Crippen molar-refractivity contribution in [1.29, 1.82) is 0 Å². The zero-order valence-electron chi connectivity index (χ0n) is 10.3. The highest BCUT2D eigenvalue weighted by atomic mass is 35.9. The summed E-state index contributed by atoms with van der Waals surface area (Å²) in [6.07, 6.45) is -3.44. The van der Waals surface area contributed by atoms with Crippen molar-refractivity contribution in [2.45, 2.75) is 0 Å². The molecule has 0 aliphatic heterocycles. The van der Waals surface area contributed by atoms with E-state index in [0.29, 0.717) is 39.6 Å². The van der Waals surface area contributed by atoms with Gasteiger partial charge in [-0.1, -0.05) is 0 Å². The summed E-state index contributed by atoms with van der Waals surface area (Å²) < 4.78 is 35.6. The molecule has 0 aliphatic carbocycles. The quantitative estimate of drug-likeness (QED) is 0.382. The lowest BCUT2D eigenvalue weighted by Gasteiger charge is -2.07. The SMILES string of the molecule is COCCOCCOCCOCCOP(=O)(Cl)Cl. The van der Waals surface area contributed by atoms with Crippen LogP contribution in [0.5, 0.6) is 0 Å². The fraction of sp³-hybridized carbons (Fsp3) is 1.00. The maximum absolute atomic E-state index is 10.7. The first kappa shape index (κ1) is 18.6. The van der Waals surface area contributed by atoms with Crippen molar-refractivity contribution in [3.8, 4) is 0 Å². The van der Waals surface area contributed by atoms with Crippen molar-refractivity contribution in [1.82, 2.24) is 0 Å². The second-order valence-corrected chi connectivity index (χ2v) is 7.35. The molecule has 0 rings (SSSR count). The van der Waals surface area contributed by atoms with Gasteiger partial charge in [0.05, 0.1) is 52.9 Å². The summed E-state index contributed by atoms with van der Waals surface area (Å²) in [6.45, 7) is 3.37. The summed E-state index contributed by atoms with van der Waals surface area (Å²) in [5.74, 6) is 0. The molecule has 0 bridgehead atoms. The van der Waals surface area contributed by atoms with Crippen molar-refractivity contribution in [3.05, 3.63) is 0 Å². The molecule has 6 nitrogen and oxygen atoms in total. The third-order valence-electron chi connectivity index (χ3n) is 1.65. The molecule has 0 saturated carbocycles. The highest BCUT2D eigenvalue weighted by molar-refractivity contribution is 8.05. The zero-order chi connectivity index (χ0) is 13.7. The Balaban J connectivity index is 3.01. The Bertz CT molecular complexity index is 225. The van der Waals surface area contributed by atoms with Crippen molar-refractivity contribution < 1.29 is 28.0 Å². The summed E-state index contributed by atoms with van der Waals surface area (Å²) in [6, 6.07) is 0. The third kappa shape index (κ3) is 16.6. The van der Waals surface area contributed by atoms with Gasteiger partial charge in [0.2, 0.25) is 0 Å². The van der Waals surface area contributed by atoms with E-state index in [1.165, 1.54) is 0 Å². The molecule has 18 heavy (non-hydrogen) atoms. The molecule has 0 saturated heterocycles. The molecule has 9 heteroatoms. The van der Waals surface area contributed by atoms with Crippen LogP contribution >= 0.6 is 28.6 Å². The fourth-order valence-corrected chi connectivity index (χ4v) is 1.59. The van der Waals surface area contributed by atoms with Gasteiger partial charge >= 0.3 is 6.07 Å². The van der Waals surface area contributed by atoms with Crippen molar-refractivity contribution in [2.75, 3.05) is 60.0 Å². The minimum absolute atomic E-state index is 0.0877. The second-order valence-electron chi connectivity index (χ2n) is 3.08. The Hall–Kier alpha value is 0.610. The molecular weight excluding hydrogens is 306 g/mol. The molecule has 0 heterocycles. The van der Waals surface area contributed by atoms with Gasteiger partial charge in [-0.2, -0.15) is 0 Å². The maximum Gasteiger partial charge on any atom is 0.380 e. The molecule has 0 radical (unpaired) electrons. The standard InChI is InChI=1S/C9H19Cl2O6P/c1-13-2-3-14-4-5-15-6-7-16-8-9-17-18(10,11)12/h2-9H2,1H3. The Kier molecular flexibility index (Phi) is 13.1. The van der Waals surface area contributed by atoms with Crippen LogP contribution in [0, 0.1) is 0 Å². The summed E-state index contributed by atoms with van der Waals surface area (Å²) in [7, 11) is 1.62. The second kappa shape index (κ2) is 12.6. The summed E-state index contributed by atoms with van der Waals surface area (Å²) in [5, 5.41) is 0. The molecule has 0 unspecified atom stereocenters. The molecule has 0 aromatic heterocycles. The summed E-state index contributed by atoms with van der Waals surface area (Å²) >= 11 is 10.3. The topological polar surface area (TPSA) is 63.2 Å². The summed E-state index contributed by atoms with van der Waals surface area (Å²) in [4.78, 5) is 0. The van der Waals surface area contributed by atoms with Gasteiger partial charge in [0.15, 0.2) is 0 Å². The zero-order valence-corrected chi connectivity index (χ0v) is 12.7. The lowest BCUT2D eigenvalue weighted by molar-refractivity contribution is 0.000485. The van der Waals surface area contributed by atoms with Crippen LogP contribution in [0.25, 0.3) is 0 Å². The third-order valence-corrected chi connectivity index (χ3v) is 2.71. The Labute approximate surface area is 117 Å². The van der Waals surface area contributed by atoms with Gasteiger partial charge in [-0.25, -0.2) is 0 Å². The number of hydrogen-bond donors (Lipinski definition) is 0. The van der Waals surface area contributed by atoms with Crippen molar-refractivity contribution in [3.63, 3.8) is 0 Å². The van der Waals surface area contributed by atoms with E-state index in [1.54, 1.807) is 7.11 Å². The van der Waals surface area contributed by atoms with E-state index >= 15 is 0 Å². The number of halogens is 2. The van der Waals surface area contributed by atoms with Crippen LogP contribution in [0.2, 0.25) is 0 Å². The van der Waals surface area contributed by atoms with Crippen LogP contribution in [0.4, 0.5) is 0 Å². The lowest BCUT2D eigenvalue weighted by atomic mass is 10.7. The van der Waals surface area contributed by atoms with Gasteiger partial charge in [-0.15, -0.1) is 0 Å². The minimum Gasteiger partial charge on any atom is -0.382 e. The van der Waals surface area contributed by atoms with Gasteiger partial charge < -0.3 is 23.5 Å². The molecule has 0 amide bonds. The van der Waals surface area contributed by atoms with Gasteiger partial charge in [-0.3, -0.25) is 4.57 Å². The van der Waals surface area contributed by atoms with E-state index in [2.05, 4.69) is 4.52 Å². The van der Waals surface area contributed by atoms with Crippen LogP contribution in [0.1, 0.15) is 0 Å². The molecule has 0 aromatic rings. The molecule has 110 valence electrons. The number of hydrogen-bond acceptors (Lipinski definition) is 6. The van der Waals surface area contributed by atoms with E-state index in [1.807, 2.05) is 0 Å². The summed E-state index contributed by atoms with van der Waals surface area (Å²) in [5.41, 5.74) is 0. The van der Waals surface area contributed by atoms with Crippen LogP contribution in [-0.4, -0.2) is 60.0 Å². The lowest BCUT2D eigenvalue weighted by Crippen LogP contribution is -2.12. The Morgan fingerprint density at radius 1 is 0.778 bits per heavy atom. The Morgan fingerprint density at radius 3 is 1.56 bits per heavy atom. The average molecular weight is 325 g/mol. The van der Waals surface area contributed by atoms with Gasteiger partial charge in [0.25, 0.3) is 0 Å². The average Bonchev–Trinajstić information content (AvgIpc) is 2.29. The predicted molar refractivity (Wildman–Crippen MR) is 69.6 cm³/mol. The maximum atomic E-state index is 10.7. The minimum atomic E-state index is -3.44. The highest BCUT2D eigenvalue weighted by Crippen LogP contribution is 2.57. The van der Waals surface area contributed by atoms with Crippen molar-refractivity contribution in [2.24, 2.45) is 0 Å². The smallest absolute Gasteiger partial charge is 0.380 e. The molecule has 0 aromatic carbocycles. The van der Waals surface area contributed by atoms with Gasteiger partial charge in [-0.05, 0) is 22.5 Å². The van der Waals surface area contributed by atoms with Crippen LogP contribution in [0.3, 0.4) is 0 Å². The van der Waals surface area contributed by atoms with E-state index in [9.17, 15) is 4.57 Å². The molecular formula is C9H19Cl2O6P. The van der Waals surface area contributed by atoms with E-state index in [4.69, 9.17) is 41.4 Å². The van der Waals surface area contributed by atoms with Crippen LogP contribution < -0.4 is 0 Å². The fourth-order valence-electron chi connectivity index (χ4n) is 0.887. The molecule has 0 N–H and O–H groups in total. The number of rotatable bonds is 13. The molecule has 0 aliphatic rings. The first-order valence-electron chi connectivity index (χ1n) is 5.42. The normalized spacial score (nSPS) is 11.9. The predicted octanol–water partition coefficient (Wildman–Crippen LogP) is 2.28.